The van der Waals surface area contributed by atoms with E-state index in [1.165, 1.54) is 0 Å². The van der Waals surface area contributed by atoms with Crippen LogP contribution in [0.4, 0.5) is 11.5 Å². The summed E-state index contributed by atoms with van der Waals surface area (Å²) in [4.78, 5) is 4.62. The number of nitrogens with one attached hydrogen (secondary N) is 1. The van der Waals surface area contributed by atoms with Crippen LogP contribution in [0, 0.1) is 0 Å². The zero-order valence-corrected chi connectivity index (χ0v) is 12.2. The van der Waals surface area contributed by atoms with Gasteiger partial charge in [0.05, 0.1) is 11.6 Å². The second kappa shape index (κ2) is 5.83. The molecular formula is C18H18N2O. The van der Waals surface area contributed by atoms with Gasteiger partial charge in [-0.15, -0.1) is 0 Å². The summed E-state index contributed by atoms with van der Waals surface area (Å²) in [6.45, 7) is 4.05. The van der Waals surface area contributed by atoms with Crippen molar-refractivity contribution in [3.63, 3.8) is 0 Å². The van der Waals surface area contributed by atoms with Gasteiger partial charge in [-0.1, -0.05) is 18.2 Å². The summed E-state index contributed by atoms with van der Waals surface area (Å²) in [6.07, 6.45) is 0.175. The molecule has 0 amide bonds. The molecular weight excluding hydrogens is 260 g/mol. The molecule has 1 N–H and O–H groups in total. The van der Waals surface area contributed by atoms with Crippen molar-refractivity contribution in [2.24, 2.45) is 0 Å². The summed E-state index contributed by atoms with van der Waals surface area (Å²) in [5, 5.41) is 4.38. The number of ether oxygens (including phenoxy) is 1. The van der Waals surface area contributed by atoms with E-state index in [1.54, 1.807) is 0 Å². The maximum Gasteiger partial charge on any atom is 0.131 e. The second-order valence-corrected chi connectivity index (χ2v) is 5.21. The van der Waals surface area contributed by atoms with Crippen molar-refractivity contribution >= 4 is 22.4 Å². The van der Waals surface area contributed by atoms with Gasteiger partial charge in [0.15, 0.2) is 0 Å². The van der Waals surface area contributed by atoms with Crippen LogP contribution in [0.25, 0.3) is 10.9 Å². The number of aromatic nitrogens is 1. The first kappa shape index (κ1) is 13.4. The molecule has 0 saturated carbocycles. The number of rotatable bonds is 4. The van der Waals surface area contributed by atoms with E-state index in [0.717, 1.165) is 28.2 Å². The first-order chi connectivity index (χ1) is 10.2. The highest BCUT2D eigenvalue weighted by molar-refractivity contribution is 5.82. The fourth-order valence-electron chi connectivity index (χ4n) is 2.19. The zero-order valence-electron chi connectivity index (χ0n) is 12.2. The maximum absolute atomic E-state index is 5.70. The monoisotopic (exact) mass is 278 g/mol. The average Bonchev–Trinajstić information content (AvgIpc) is 2.48. The number of fused-ring (bicyclic) bond motifs is 1. The smallest absolute Gasteiger partial charge is 0.131 e. The van der Waals surface area contributed by atoms with Gasteiger partial charge >= 0.3 is 0 Å². The lowest BCUT2D eigenvalue weighted by atomic mass is 10.2. The number of anilines is 2. The van der Waals surface area contributed by atoms with Gasteiger partial charge in [-0.25, -0.2) is 4.98 Å². The SMILES string of the molecule is CC(C)Oc1ccc2nc(Nc3ccccc3)ccc2c1. The molecule has 2 aromatic carbocycles. The zero-order chi connectivity index (χ0) is 14.7. The Morgan fingerprint density at radius 1 is 0.952 bits per heavy atom. The molecule has 0 spiro atoms. The van der Waals surface area contributed by atoms with E-state index < -0.39 is 0 Å². The minimum Gasteiger partial charge on any atom is -0.491 e. The van der Waals surface area contributed by atoms with Gasteiger partial charge in [0.25, 0.3) is 0 Å². The van der Waals surface area contributed by atoms with E-state index in [0.29, 0.717) is 0 Å². The van der Waals surface area contributed by atoms with E-state index in [9.17, 15) is 0 Å². The van der Waals surface area contributed by atoms with Crippen molar-refractivity contribution in [1.82, 2.24) is 4.98 Å². The fraction of sp³-hybridized carbons (Fsp3) is 0.167. The van der Waals surface area contributed by atoms with Crippen molar-refractivity contribution in [2.45, 2.75) is 20.0 Å². The lowest BCUT2D eigenvalue weighted by Gasteiger charge is -2.11. The number of hydrogen-bond donors (Lipinski definition) is 1. The molecule has 21 heavy (non-hydrogen) atoms. The van der Waals surface area contributed by atoms with E-state index >= 15 is 0 Å². The molecule has 3 nitrogen and oxygen atoms in total. The third-order valence-corrected chi connectivity index (χ3v) is 3.08. The molecule has 3 rings (SSSR count). The predicted octanol–water partition coefficient (Wildman–Crippen LogP) is 4.77. The van der Waals surface area contributed by atoms with Gasteiger partial charge in [-0.2, -0.15) is 0 Å². The van der Waals surface area contributed by atoms with Gasteiger partial charge in [0.1, 0.15) is 11.6 Å². The first-order valence-electron chi connectivity index (χ1n) is 7.10. The maximum atomic E-state index is 5.70. The van der Waals surface area contributed by atoms with Gasteiger partial charge in [0, 0.05) is 11.1 Å². The molecule has 0 fully saturated rings. The van der Waals surface area contributed by atoms with Crippen molar-refractivity contribution < 1.29 is 4.74 Å². The number of nitrogens with zero attached hydrogens (tertiary/aromatic N) is 1. The standard InChI is InChI=1S/C18H18N2O/c1-13(2)21-16-9-10-17-14(12-16)8-11-18(20-17)19-15-6-4-3-5-7-15/h3-13H,1-2H3,(H,19,20). The topological polar surface area (TPSA) is 34.1 Å². The Kier molecular flexibility index (Phi) is 3.73. The highest BCUT2D eigenvalue weighted by Gasteiger charge is 2.02. The molecule has 1 aromatic heterocycles. The summed E-state index contributed by atoms with van der Waals surface area (Å²) in [5.74, 6) is 1.72. The largest absolute Gasteiger partial charge is 0.491 e. The molecule has 1 heterocycles. The van der Waals surface area contributed by atoms with E-state index in [2.05, 4.69) is 16.4 Å². The highest BCUT2D eigenvalue weighted by atomic mass is 16.5. The summed E-state index contributed by atoms with van der Waals surface area (Å²) >= 11 is 0. The quantitative estimate of drug-likeness (QED) is 0.746. The Balaban J connectivity index is 1.87. The van der Waals surface area contributed by atoms with Crippen LogP contribution in [-0.4, -0.2) is 11.1 Å². The molecule has 0 atom stereocenters. The lowest BCUT2D eigenvalue weighted by Crippen LogP contribution is -2.05. The van der Waals surface area contributed by atoms with Crippen LogP contribution in [0.15, 0.2) is 60.7 Å². The summed E-state index contributed by atoms with van der Waals surface area (Å²) in [6, 6.07) is 20.0. The first-order valence-corrected chi connectivity index (χ1v) is 7.10. The van der Waals surface area contributed by atoms with Crippen molar-refractivity contribution in [2.75, 3.05) is 5.32 Å². The van der Waals surface area contributed by atoms with Crippen molar-refractivity contribution in [1.29, 1.82) is 0 Å². The van der Waals surface area contributed by atoms with Crippen LogP contribution in [0.2, 0.25) is 0 Å². The normalized spacial score (nSPS) is 10.8. The molecule has 3 aromatic rings. The van der Waals surface area contributed by atoms with Crippen LogP contribution in [-0.2, 0) is 0 Å². The number of para-hydroxylation sites is 1. The summed E-state index contributed by atoms with van der Waals surface area (Å²) in [5.41, 5.74) is 1.98. The molecule has 0 bridgehead atoms. The molecule has 0 aliphatic rings. The third kappa shape index (κ3) is 3.31. The van der Waals surface area contributed by atoms with Gasteiger partial charge in [-0.3, -0.25) is 0 Å². The van der Waals surface area contributed by atoms with Crippen LogP contribution < -0.4 is 10.1 Å². The molecule has 3 heteroatoms. The number of benzene rings is 2. The fourth-order valence-corrected chi connectivity index (χ4v) is 2.19. The Hall–Kier alpha value is -2.55. The second-order valence-electron chi connectivity index (χ2n) is 5.21. The predicted molar refractivity (Wildman–Crippen MR) is 87.2 cm³/mol. The van der Waals surface area contributed by atoms with E-state index in [-0.39, 0.29) is 6.10 Å². The highest BCUT2D eigenvalue weighted by Crippen LogP contribution is 2.23. The van der Waals surface area contributed by atoms with Crippen molar-refractivity contribution in [3.05, 3.63) is 60.7 Å². The molecule has 0 radical (unpaired) electrons. The lowest BCUT2D eigenvalue weighted by molar-refractivity contribution is 0.243. The van der Waals surface area contributed by atoms with Crippen molar-refractivity contribution in [3.8, 4) is 5.75 Å². The minimum atomic E-state index is 0.175. The summed E-state index contributed by atoms with van der Waals surface area (Å²) < 4.78 is 5.70. The van der Waals surface area contributed by atoms with E-state index in [4.69, 9.17) is 4.74 Å². The molecule has 0 aliphatic heterocycles. The number of pyridine rings is 1. The third-order valence-electron chi connectivity index (χ3n) is 3.08. The molecule has 106 valence electrons. The minimum absolute atomic E-state index is 0.175. The Morgan fingerprint density at radius 3 is 2.52 bits per heavy atom. The Bertz CT molecular complexity index is 739. The van der Waals surface area contributed by atoms with Gasteiger partial charge < -0.3 is 10.1 Å². The molecule has 0 saturated heterocycles. The molecule has 0 unspecified atom stereocenters. The van der Waals surface area contributed by atoms with Crippen LogP contribution in [0.1, 0.15) is 13.8 Å². The average molecular weight is 278 g/mol. The van der Waals surface area contributed by atoms with Gasteiger partial charge in [-0.05, 0) is 56.3 Å². The molecule has 0 aliphatic carbocycles. The van der Waals surface area contributed by atoms with Crippen LogP contribution in [0.5, 0.6) is 5.75 Å². The van der Waals surface area contributed by atoms with Gasteiger partial charge in [0.2, 0.25) is 0 Å². The van der Waals surface area contributed by atoms with E-state index in [1.807, 2.05) is 68.4 Å². The Labute approximate surface area is 124 Å². The summed E-state index contributed by atoms with van der Waals surface area (Å²) in [7, 11) is 0. The number of hydrogen-bond acceptors (Lipinski definition) is 3. The van der Waals surface area contributed by atoms with Crippen LogP contribution >= 0.6 is 0 Å². The Morgan fingerprint density at radius 2 is 1.76 bits per heavy atom. The van der Waals surface area contributed by atoms with Crippen LogP contribution in [0.3, 0.4) is 0 Å².